The fraction of sp³-hybridized carbons (Fsp3) is 0.200. The van der Waals surface area contributed by atoms with Crippen molar-refractivity contribution in [1.29, 1.82) is 0 Å². The van der Waals surface area contributed by atoms with E-state index in [0.29, 0.717) is 15.6 Å². The van der Waals surface area contributed by atoms with Crippen LogP contribution in [0.3, 0.4) is 0 Å². The maximum Gasteiger partial charge on any atom is 0.292 e. The molecule has 0 saturated heterocycles. The van der Waals surface area contributed by atoms with E-state index in [2.05, 4.69) is 10.4 Å². The van der Waals surface area contributed by atoms with Gasteiger partial charge in [0.1, 0.15) is 12.2 Å². The third kappa shape index (κ3) is 3.29. The van der Waals surface area contributed by atoms with Crippen LogP contribution >= 0.6 is 23.4 Å². The molecule has 2 heterocycles. The second-order valence-electron chi connectivity index (χ2n) is 5.12. The summed E-state index contributed by atoms with van der Waals surface area (Å²) in [4.78, 5) is 38.3. The van der Waals surface area contributed by atoms with Crippen LogP contribution in [-0.2, 0) is 16.1 Å². The van der Waals surface area contributed by atoms with Gasteiger partial charge in [-0.2, -0.15) is 5.10 Å². The summed E-state index contributed by atoms with van der Waals surface area (Å²) < 4.78 is 1.04. The molecule has 0 saturated carbocycles. The van der Waals surface area contributed by atoms with Crippen LogP contribution in [0, 0.1) is 0 Å². The molecule has 24 heavy (non-hydrogen) atoms. The molecule has 0 spiro atoms. The predicted molar refractivity (Wildman–Crippen MR) is 92.7 cm³/mol. The maximum absolute atomic E-state index is 12.5. The molecule has 2 amide bonds. The zero-order chi connectivity index (χ0) is 17.3. The summed E-state index contributed by atoms with van der Waals surface area (Å²) in [6.45, 7) is -0.249. The molecule has 0 radical (unpaired) electrons. The Morgan fingerprint density at radius 2 is 2.04 bits per heavy atom. The zero-order valence-corrected chi connectivity index (χ0v) is 14.2. The number of aromatic nitrogens is 2. The Bertz CT molecular complexity index is 866. The zero-order valence-electron chi connectivity index (χ0n) is 12.7. The van der Waals surface area contributed by atoms with Crippen molar-refractivity contribution < 1.29 is 9.59 Å². The van der Waals surface area contributed by atoms with Crippen molar-refractivity contribution in [1.82, 2.24) is 9.78 Å². The number of halogens is 1. The number of carbonyl (C=O) groups is 2. The molecule has 9 heteroatoms. The topological polar surface area (TPSA) is 84.3 Å². The molecule has 1 aromatic heterocycles. The second kappa shape index (κ2) is 6.66. The van der Waals surface area contributed by atoms with Gasteiger partial charge in [0.2, 0.25) is 11.8 Å². The molecular formula is C15H13ClN4O3S. The minimum atomic E-state index is -0.471. The molecule has 0 aliphatic carbocycles. The molecule has 124 valence electrons. The third-order valence-electron chi connectivity index (χ3n) is 3.47. The lowest BCUT2D eigenvalue weighted by atomic mass is 10.3. The smallest absolute Gasteiger partial charge is 0.292 e. The molecule has 0 atom stereocenters. The minimum Gasteiger partial charge on any atom is -0.324 e. The Balaban J connectivity index is 1.80. The van der Waals surface area contributed by atoms with E-state index in [-0.39, 0.29) is 23.9 Å². The number of hydrogen-bond donors (Lipinski definition) is 1. The lowest BCUT2D eigenvalue weighted by molar-refractivity contribution is -0.117. The number of nitrogens with one attached hydrogen (secondary N) is 1. The summed E-state index contributed by atoms with van der Waals surface area (Å²) in [7, 11) is 1.54. The molecule has 2 aromatic rings. The third-order valence-corrected chi connectivity index (χ3v) is 4.72. The summed E-state index contributed by atoms with van der Waals surface area (Å²) in [6, 6.07) is 6.62. The number of anilines is 2. The Kier molecular flexibility index (Phi) is 4.59. The SMILES string of the molecule is CN1C(=O)CSc2cnn(CC(=O)Nc3ccc(Cl)cc3)c(=O)c21. The number of thioether (sulfide) groups is 1. The van der Waals surface area contributed by atoms with Crippen molar-refractivity contribution in [3.8, 4) is 0 Å². The van der Waals surface area contributed by atoms with Gasteiger partial charge >= 0.3 is 0 Å². The number of carbonyl (C=O) groups excluding carboxylic acids is 2. The quantitative estimate of drug-likeness (QED) is 0.894. The highest BCUT2D eigenvalue weighted by Crippen LogP contribution is 2.30. The monoisotopic (exact) mass is 364 g/mol. The minimum absolute atomic E-state index is 0.159. The van der Waals surface area contributed by atoms with E-state index in [9.17, 15) is 14.4 Å². The summed E-state index contributed by atoms with van der Waals surface area (Å²) >= 11 is 7.06. The van der Waals surface area contributed by atoms with Crippen molar-refractivity contribution in [2.45, 2.75) is 11.4 Å². The van der Waals surface area contributed by atoms with E-state index in [4.69, 9.17) is 11.6 Å². The molecular weight excluding hydrogens is 352 g/mol. The van der Waals surface area contributed by atoms with Gasteiger partial charge in [0, 0.05) is 17.8 Å². The van der Waals surface area contributed by atoms with Gasteiger partial charge in [-0.3, -0.25) is 14.4 Å². The summed E-state index contributed by atoms with van der Waals surface area (Å²) in [5, 5.41) is 7.23. The fourth-order valence-electron chi connectivity index (χ4n) is 2.22. The lowest BCUT2D eigenvalue weighted by Crippen LogP contribution is -2.40. The van der Waals surface area contributed by atoms with Crippen LogP contribution in [0.5, 0.6) is 0 Å². The molecule has 1 N–H and O–H groups in total. The Morgan fingerprint density at radius 3 is 2.75 bits per heavy atom. The van der Waals surface area contributed by atoms with Crippen molar-refractivity contribution in [2.24, 2.45) is 0 Å². The first-order valence-corrected chi connectivity index (χ1v) is 8.37. The van der Waals surface area contributed by atoms with Crippen molar-refractivity contribution in [2.75, 3.05) is 23.0 Å². The number of fused-ring (bicyclic) bond motifs is 1. The second-order valence-corrected chi connectivity index (χ2v) is 6.57. The van der Waals surface area contributed by atoms with Crippen LogP contribution in [0.25, 0.3) is 0 Å². The lowest BCUT2D eigenvalue weighted by Gasteiger charge is -2.24. The Hall–Kier alpha value is -2.32. The molecule has 3 rings (SSSR count). The first-order valence-electron chi connectivity index (χ1n) is 7.00. The molecule has 0 fully saturated rings. The van der Waals surface area contributed by atoms with Crippen molar-refractivity contribution >= 4 is 46.6 Å². The van der Waals surface area contributed by atoms with Gasteiger partial charge in [0.15, 0.2) is 0 Å². The highest BCUT2D eigenvalue weighted by atomic mass is 35.5. The molecule has 1 aliphatic heterocycles. The van der Waals surface area contributed by atoms with Crippen LogP contribution in [0.15, 0.2) is 40.2 Å². The number of nitrogens with zero attached hydrogens (tertiary/aromatic N) is 3. The highest BCUT2D eigenvalue weighted by molar-refractivity contribution is 8.00. The van der Waals surface area contributed by atoms with Crippen molar-refractivity contribution in [3.05, 3.63) is 45.8 Å². The van der Waals surface area contributed by atoms with Gasteiger partial charge in [-0.15, -0.1) is 11.8 Å². The number of rotatable bonds is 3. The van der Waals surface area contributed by atoms with Gasteiger partial charge in [-0.1, -0.05) is 11.6 Å². The van der Waals surface area contributed by atoms with E-state index >= 15 is 0 Å². The summed E-state index contributed by atoms with van der Waals surface area (Å²) in [5.74, 6) is -0.289. The number of benzene rings is 1. The Labute approximate surface area is 146 Å². The van der Waals surface area contributed by atoms with Crippen LogP contribution in [0.2, 0.25) is 5.02 Å². The highest BCUT2D eigenvalue weighted by Gasteiger charge is 2.26. The largest absolute Gasteiger partial charge is 0.324 e. The van der Waals surface area contributed by atoms with E-state index in [1.807, 2.05) is 0 Å². The molecule has 7 nitrogen and oxygen atoms in total. The first-order chi connectivity index (χ1) is 11.5. The molecule has 0 bridgehead atoms. The van der Waals surface area contributed by atoms with Gasteiger partial charge in [0.25, 0.3) is 5.56 Å². The van der Waals surface area contributed by atoms with E-state index in [1.54, 1.807) is 31.3 Å². The molecule has 1 aromatic carbocycles. The van der Waals surface area contributed by atoms with Gasteiger partial charge in [0.05, 0.1) is 16.8 Å². The van der Waals surface area contributed by atoms with Crippen LogP contribution in [0.4, 0.5) is 11.4 Å². The van der Waals surface area contributed by atoms with Gasteiger partial charge in [-0.25, -0.2) is 4.68 Å². The van der Waals surface area contributed by atoms with Gasteiger partial charge < -0.3 is 10.2 Å². The Morgan fingerprint density at radius 1 is 1.33 bits per heavy atom. The average molecular weight is 365 g/mol. The number of amides is 2. The van der Waals surface area contributed by atoms with Crippen molar-refractivity contribution in [3.63, 3.8) is 0 Å². The van der Waals surface area contributed by atoms with E-state index < -0.39 is 11.5 Å². The summed E-state index contributed by atoms with van der Waals surface area (Å²) in [5.41, 5.74) is 0.352. The summed E-state index contributed by atoms with van der Waals surface area (Å²) in [6.07, 6.45) is 1.50. The van der Waals surface area contributed by atoms with E-state index in [0.717, 1.165) is 4.68 Å². The predicted octanol–water partition coefficient (Wildman–Crippen LogP) is 1.60. The van der Waals surface area contributed by atoms with Crippen LogP contribution in [-0.4, -0.2) is 34.4 Å². The first kappa shape index (κ1) is 16.5. The maximum atomic E-state index is 12.5. The van der Waals surface area contributed by atoms with Gasteiger partial charge in [-0.05, 0) is 24.3 Å². The molecule has 1 aliphatic rings. The standard InChI is InChI=1S/C15H13ClN4O3S/c1-19-13(22)8-24-11-6-17-20(15(23)14(11)19)7-12(21)18-10-4-2-9(16)3-5-10/h2-6H,7-8H2,1H3,(H,18,21). The fourth-order valence-corrected chi connectivity index (χ4v) is 3.30. The number of hydrogen-bond acceptors (Lipinski definition) is 5. The van der Waals surface area contributed by atoms with Crippen LogP contribution in [0.1, 0.15) is 0 Å². The average Bonchev–Trinajstić information content (AvgIpc) is 2.55. The van der Waals surface area contributed by atoms with Crippen LogP contribution < -0.4 is 15.8 Å². The molecule has 0 unspecified atom stereocenters. The normalized spacial score (nSPS) is 13.6. The van der Waals surface area contributed by atoms with E-state index in [1.165, 1.54) is 22.9 Å².